The predicted molar refractivity (Wildman–Crippen MR) is 97.2 cm³/mol. The van der Waals surface area contributed by atoms with Crippen LogP contribution in [0.15, 0.2) is 42.0 Å². The molecule has 0 spiro atoms. The fourth-order valence-corrected chi connectivity index (χ4v) is 1.93. The van der Waals surface area contributed by atoms with Gasteiger partial charge in [0.25, 0.3) is 0 Å². The van der Waals surface area contributed by atoms with Crippen molar-refractivity contribution in [3.8, 4) is 11.5 Å². The van der Waals surface area contributed by atoms with Gasteiger partial charge in [-0.1, -0.05) is 19.9 Å². The Bertz CT molecular complexity index is 656. The maximum absolute atomic E-state index is 12.5. The molecular weight excluding hydrogens is 320 g/mol. The molecule has 136 valence electrons. The van der Waals surface area contributed by atoms with E-state index in [1.807, 2.05) is 13.8 Å². The van der Waals surface area contributed by atoms with Crippen LogP contribution in [0.5, 0.6) is 11.5 Å². The van der Waals surface area contributed by atoms with Crippen molar-refractivity contribution >= 4 is 11.8 Å². The second-order valence-corrected chi connectivity index (χ2v) is 5.90. The lowest BCUT2D eigenvalue weighted by Gasteiger charge is -2.13. The van der Waals surface area contributed by atoms with Gasteiger partial charge in [0.2, 0.25) is 0 Å². The monoisotopic (exact) mass is 346 g/mol. The molecule has 5 heteroatoms. The Hall–Kier alpha value is -2.56. The van der Waals surface area contributed by atoms with E-state index in [4.69, 9.17) is 14.2 Å². The van der Waals surface area contributed by atoms with Gasteiger partial charge in [0.1, 0.15) is 11.5 Å². The number of rotatable bonds is 9. The number of carbonyl (C=O) groups is 2. The summed E-state index contributed by atoms with van der Waals surface area (Å²) in [4.78, 5) is 23.9. The van der Waals surface area contributed by atoms with Crippen molar-refractivity contribution in [2.24, 2.45) is 5.92 Å². The van der Waals surface area contributed by atoms with Crippen LogP contribution in [0, 0.1) is 5.92 Å². The summed E-state index contributed by atoms with van der Waals surface area (Å²) in [5.74, 6) is 0.771. The molecule has 0 fully saturated rings. The van der Waals surface area contributed by atoms with Crippen LogP contribution in [0.25, 0.3) is 0 Å². The lowest BCUT2D eigenvalue weighted by atomic mass is 10.1. The molecule has 0 bridgehead atoms. The van der Waals surface area contributed by atoms with Crippen molar-refractivity contribution in [1.82, 2.24) is 0 Å². The molecule has 1 rings (SSSR count). The van der Waals surface area contributed by atoms with Crippen LogP contribution in [0.1, 0.15) is 38.1 Å². The van der Waals surface area contributed by atoms with Crippen LogP contribution in [-0.2, 0) is 9.53 Å². The Morgan fingerprint density at radius 3 is 2.52 bits per heavy atom. The molecule has 0 saturated heterocycles. The van der Waals surface area contributed by atoms with Crippen molar-refractivity contribution in [1.29, 1.82) is 0 Å². The predicted octanol–water partition coefficient (Wildman–Crippen LogP) is 3.98. The first-order chi connectivity index (χ1) is 11.9. The number of ether oxygens (including phenoxy) is 3. The summed E-state index contributed by atoms with van der Waals surface area (Å²) < 4.78 is 15.7. The minimum absolute atomic E-state index is 0.228. The van der Waals surface area contributed by atoms with Gasteiger partial charge in [-0.15, -0.1) is 0 Å². The summed E-state index contributed by atoms with van der Waals surface area (Å²) in [6.45, 7) is 8.36. The molecule has 0 amide bonds. The normalized spacial score (nSPS) is 11.7. The number of methoxy groups -OCH3 is 1. The van der Waals surface area contributed by atoms with Crippen LogP contribution in [0.4, 0.5) is 0 Å². The second kappa shape index (κ2) is 10.3. The summed E-state index contributed by atoms with van der Waals surface area (Å²) in [6, 6.07) is 5.12. The fraction of sp³-hybridized carbons (Fsp3) is 0.400. The number of allylic oxidation sites excluding steroid dienone is 3. The third kappa shape index (κ3) is 7.25. The largest absolute Gasteiger partial charge is 0.497 e. The van der Waals surface area contributed by atoms with E-state index in [9.17, 15) is 9.59 Å². The first-order valence-corrected chi connectivity index (χ1v) is 8.25. The van der Waals surface area contributed by atoms with E-state index in [-0.39, 0.29) is 5.78 Å². The van der Waals surface area contributed by atoms with Crippen molar-refractivity contribution < 1.29 is 23.8 Å². The number of ketones is 1. The lowest BCUT2D eigenvalue weighted by Crippen LogP contribution is -2.08. The van der Waals surface area contributed by atoms with Gasteiger partial charge in [0.15, 0.2) is 5.78 Å². The number of benzene rings is 1. The highest BCUT2D eigenvalue weighted by molar-refractivity contribution is 6.07. The molecule has 5 nitrogen and oxygen atoms in total. The number of hydrogen-bond donors (Lipinski definition) is 0. The summed E-state index contributed by atoms with van der Waals surface area (Å²) in [5, 5.41) is 0. The maximum Gasteiger partial charge on any atom is 0.330 e. The Morgan fingerprint density at radius 2 is 1.92 bits per heavy atom. The van der Waals surface area contributed by atoms with E-state index in [0.29, 0.717) is 41.8 Å². The number of carbonyl (C=O) groups excluding carboxylic acids is 2. The molecule has 0 atom stereocenters. The van der Waals surface area contributed by atoms with E-state index in [0.717, 1.165) is 0 Å². The molecule has 0 saturated carbocycles. The van der Waals surface area contributed by atoms with Crippen LogP contribution in [0.2, 0.25) is 0 Å². The van der Waals surface area contributed by atoms with Crippen LogP contribution in [-0.4, -0.2) is 32.1 Å². The van der Waals surface area contributed by atoms with Crippen LogP contribution >= 0.6 is 0 Å². The SMILES string of the molecule is CCOC(=O)C=C(C)C=CC(=O)c1cc(OC)ccc1OCC(C)C. The third-order valence-corrected chi connectivity index (χ3v) is 3.15. The quantitative estimate of drug-likeness (QED) is 0.293. The fourth-order valence-electron chi connectivity index (χ4n) is 1.93. The molecule has 1 aromatic rings. The molecular formula is C20H26O5. The molecule has 1 aromatic carbocycles. The molecule has 0 aliphatic heterocycles. The zero-order valence-electron chi connectivity index (χ0n) is 15.5. The molecule has 25 heavy (non-hydrogen) atoms. The molecule has 0 aromatic heterocycles. The van der Waals surface area contributed by atoms with Crippen molar-refractivity contribution in [2.75, 3.05) is 20.3 Å². The molecule has 0 radical (unpaired) electrons. The molecule has 0 aliphatic carbocycles. The summed E-state index contributed by atoms with van der Waals surface area (Å²) in [6.07, 6.45) is 4.32. The number of hydrogen-bond acceptors (Lipinski definition) is 5. The van der Waals surface area contributed by atoms with E-state index < -0.39 is 5.97 Å². The van der Waals surface area contributed by atoms with Gasteiger partial charge in [-0.2, -0.15) is 0 Å². The van der Waals surface area contributed by atoms with E-state index in [2.05, 4.69) is 0 Å². The first-order valence-electron chi connectivity index (χ1n) is 8.25. The molecule has 0 heterocycles. The van der Waals surface area contributed by atoms with Gasteiger partial charge in [-0.3, -0.25) is 4.79 Å². The highest BCUT2D eigenvalue weighted by Gasteiger charge is 2.12. The summed E-state index contributed by atoms with van der Waals surface area (Å²) >= 11 is 0. The van der Waals surface area contributed by atoms with E-state index >= 15 is 0 Å². The average molecular weight is 346 g/mol. The maximum atomic E-state index is 12.5. The standard InChI is InChI=1S/C20H26O5/c1-6-24-20(22)11-15(4)7-9-18(21)17-12-16(23-5)8-10-19(17)25-13-14(2)3/h7-12,14H,6,13H2,1-5H3. The average Bonchev–Trinajstić information content (AvgIpc) is 2.57. The zero-order valence-corrected chi connectivity index (χ0v) is 15.5. The Labute approximate surface area is 149 Å². The van der Waals surface area contributed by atoms with Crippen molar-refractivity contribution in [3.05, 3.63) is 47.6 Å². The van der Waals surface area contributed by atoms with Crippen molar-refractivity contribution in [3.63, 3.8) is 0 Å². The van der Waals surface area contributed by atoms with Gasteiger partial charge in [-0.05, 0) is 49.6 Å². The minimum atomic E-state index is -0.431. The van der Waals surface area contributed by atoms with Crippen molar-refractivity contribution in [2.45, 2.75) is 27.7 Å². The smallest absolute Gasteiger partial charge is 0.330 e. The molecule has 0 N–H and O–H groups in total. The van der Waals surface area contributed by atoms with E-state index in [1.165, 1.54) is 12.2 Å². The van der Waals surface area contributed by atoms with Crippen LogP contribution in [0.3, 0.4) is 0 Å². The van der Waals surface area contributed by atoms with Gasteiger partial charge >= 0.3 is 5.97 Å². The van der Waals surface area contributed by atoms with Gasteiger partial charge in [-0.25, -0.2) is 4.79 Å². The second-order valence-electron chi connectivity index (χ2n) is 5.90. The Balaban J connectivity index is 2.98. The molecule has 0 unspecified atom stereocenters. The number of esters is 1. The van der Waals surface area contributed by atoms with Gasteiger partial charge in [0, 0.05) is 6.08 Å². The summed E-state index contributed by atoms with van der Waals surface area (Å²) in [5.41, 5.74) is 1.04. The first kappa shape index (κ1) is 20.5. The lowest BCUT2D eigenvalue weighted by molar-refractivity contribution is -0.137. The highest BCUT2D eigenvalue weighted by Crippen LogP contribution is 2.25. The topological polar surface area (TPSA) is 61.8 Å². The van der Waals surface area contributed by atoms with Gasteiger partial charge < -0.3 is 14.2 Å². The zero-order chi connectivity index (χ0) is 18.8. The Kier molecular flexibility index (Phi) is 8.47. The highest BCUT2D eigenvalue weighted by atomic mass is 16.5. The third-order valence-electron chi connectivity index (χ3n) is 3.15. The van der Waals surface area contributed by atoms with E-state index in [1.54, 1.807) is 45.2 Å². The Morgan fingerprint density at radius 1 is 1.20 bits per heavy atom. The minimum Gasteiger partial charge on any atom is -0.497 e. The van der Waals surface area contributed by atoms with Gasteiger partial charge in [0.05, 0.1) is 25.9 Å². The summed E-state index contributed by atoms with van der Waals surface area (Å²) in [7, 11) is 1.54. The van der Waals surface area contributed by atoms with Crippen LogP contribution < -0.4 is 9.47 Å². The molecule has 0 aliphatic rings.